The summed E-state index contributed by atoms with van der Waals surface area (Å²) in [6, 6.07) is 1.18. The predicted molar refractivity (Wildman–Crippen MR) is 64.9 cm³/mol. The molecule has 0 aliphatic heterocycles. The van der Waals surface area contributed by atoms with Gasteiger partial charge in [0, 0.05) is 19.0 Å². The van der Waals surface area contributed by atoms with Crippen LogP contribution in [0.1, 0.15) is 16.8 Å². The number of aliphatic carboxylic acids is 1. The van der Waals surface area contributed by atoms with E-state index >= 15 is 0 Å². The molecule has 0 atom stereocenters. The molecule has 9 heteroatoms. The zero-order chi connectivity index (χ0) is 13.9. The molecular formula is C9H12N2O5S2. The SMILES string of the molecule is CN(CCC(=O)O)C(=O)c1csc(S(N)(=O)=O)c1. The molecule has 1 rings (SSSR count). The van der Waals surface area contributed by atoms with Crippen molar-refractivity contribution < 1.29 is 23.1 Å². The first kappa shape index (κ1) is 14.6. The molecule has 0 aliphatic carbocycles. The summed E-state index contributed by atoms with van der Waals surface area (Å²) in [6.45, 7) is 0.0503. The number of carboxylic acid groups (broad SMARTS) is 1. The first-order chi connectivity index (χ1) is 8.21. The van der Waals surface area contributed by atoms with E-state index in [1.54, 1.807) is 0 Å². The molecule has 1 amide bonds. The van der Waals surface area contributed by atoms with Crippen LogP contribution in [0.2, 0.25) is 0 Å². The zero-order valence-electron chi connectivity index (χ0n) is 9.49. The second-order valence-corrected chi connectivity index (χ2v) is 6.27. The molecule has 0 saturated heterocycles. The normalized spacial score (nSPS) is 11.2. The Hall–Kier alpha value is -1.45. The largest absolute Gasteiger partial charge is 0.481 e. The fraction of sp³-hybridized carbons (Fsp3) is 0.333. The van der Waals surface area contributed by atoms with Gasteiger partial charge in [-0.05, 0) is 6.07 Å². The van der Waals surface area contributed by atoms with Crippen molar-refractivity contribution in [2.45, 2.75) is 10.6 Å². The summed E-state index contributed by atoms with van der Waals surface area (Å²) in [6.07, 6.45) is -0.172. The van der Waals surface area contributed by atoms with Crippen molar-refractivity contribution in [1.29, 1.82) is 0 Å². The summed E-state index contributed by atoms with van der Waals surface area (Å²) >= 11 is 0.850. The lowest BCUT2D eigenvalue weighted by Gasteiger charge is -2.14. The number of primary sulfonamides is 1. The number of rotatable bonds is 5. The lowest BCUT2D eigenvalue weighted by molar-refractivity contribution is -0.137. The van der Waals surface area contributed by atoms with Gasteiger partial charge < -0.3 is 10.0 Å². The van der Waals surface area contributed by atoms with Crippen molar-refractivity contribution in [3.05, 3.63) is 17.0 Å². The number of carboxylic acids is 1. The fourth-order valence-corrected chi connectivity index (χ4v) is 2.74. The molecule has 0 aliphatic rings. The minimum absolute atomic E-state index is 0.0503. The summed E-state index contributed by atoms with van der Waals surface area (Å²) in [7, 11) is -2.37. The van der Waals surface area contributed by atoms with Crippen LogP contribution in [-0.2, 0) is 14.8 Å². The Kier molecular flexibility index (Phi) is 4.43. The van der Waals surface area contributed by atoms with E-state index in [1.807, 2.05) is 0 Å². The first-order valence-corrected chi connectivity index (χ1v) is 7.23. The van der Waals surface area contributed by atoms with Gasteiger partial charge in [0.15, 0.2) is 0 Å². The minimum atomic E-state index is -3.81. The maximum atomic E-state index is 11.8. The highest BCUT2D eigenvalue weighted by molar-refractivity contribution is 7.91. The zero-order valence-corrected chi connectivity index (χ0v) is 11.1. The van der Waals surface area contributed by atoms with Crippen LogP contribution in [-0.4, -0.2) is 43.9 Å². The Morgan fingerprint density at radius 1 is 1.50 bits per heavy atom. The van der Waals surface area contributed by atoms with Gasteiger partial charge in [0.2, 0.25) is 10.0 Å². The number of hydrogen-bond donors (Lipinski definition) is 2. The van der Waals surface area contributed by atoms with E-state index in [1.165, 1.54) is 23.4 Å². The van der Waals surface area contributed by atoms with Crippen LogP contribution in [0.25, 0.3) is 0 Å². The van der Waals surface area contributed by atoms with E-state index in [0.717, 1.165) is 11.3 Å². The van der Waals surface area contributed by atoms with Gasteiger partial charge >= 0.3 is 5.97 Å². The lowest BCUT2D eigenvalue weighted by atomic mass is 10.3. The number of amides is 1. The average molecular weight is 292 g/mol. The van der Waals surface area contributed by atoms with Gasteiger partial charge in [-0.1, -0.05) is 0 Å². The predicted octanol–water partition coefficient (Wildman–Crippen LogP) is -0.0578. The monoisotopic (exact) mass is 292 g/mol. The van der Waals surface area contributed by atoms with Crippen LogP contribution in [0.15, 0.2) is 15.7 Å². The van der Waals surface area contributed by atoms with Gasteiger partial charge in [-0.3, -0.25) is 9.59 Å². The highest BCUT2D eigenvalue weighted by Crippen LogP contribution is 2.19. The van der Waals surface area contributed by atoms with E-state index in [0.29, 0.717) is 0 Å². The lowest BCUT2D eigenvalue weighted by Crippen LogP contribution is -2.28. The number of carbonyl (C=O) groups excluding carboxylic acids is 1. The number of thiophene rings is 1. The average Bonchev–Trinajstić information content (AvgIpc) is 2.73. The van der Waals surface area contributed by atoms with E-state index in [4.69, 9.17) is 10.2 Å². The van der Waals surface area contributed by atoms with Crippen molar-refractivity contribution in [2.75, 3.05) is 13.6 Å². The molecular weight excluding hydrogens is 280 g/mol. The molecule has 18 heavy (non-hydrogen) atoms. The minimum Gasteiger partial charge on any atom is -0.481 e. The molecule has 7 nitrogen and oxygen atoms in total. The molecule has 0 saturated carbocycles. The van der Waals surface area contributed by atoms with Crippen LogP contribution in [0.4, 0.5) is 0 Å². The van der Waals surface area contributed by atoms with Crippen LogP contribution in [0.3, 0.4) is 0 Å². The van der Waals surface area contributed by atoms with Crippen LogP contribution < -0.4 is 5.14 Å². The van der Waals surface area contributed by atoms with Gasteiger partial charge in [0.05, 0.1) is 12.0 Å². The summed E-state index contributed by atoms with van der Waals surface area (Å²) in [5, 5.41) is 14.8. The second kappa shape index (κ2) is 5.46. The number of nitrogens with zero attached hydrogens (tertiary/aromatic N) is 1. The van der Waals surface area contributed by atoms with Crippen LogP contribution >= 0.6 is 11.3 Å². The molecule has 100 valence electrons. The summed E-state index contributed by atoms with van der Waals surface area (Å²) in [5.74, 6) is -1.45. The van der Waals surface area contributed by atoms with E-state index in [2.05, 4.69) is 0 Å². The van der Waals surface area contributed by atoms with Crippen molar-refractivity contribution in [3.8, 4) is 0 Å². The van der Waals surface area contributed by atoms with Gasteiger partial charge in [-0.25, -0.2) is 13.6 Å². The highest BCUT2D eigenvalue weighted by atomic mass is 32.2. The van der Waals surface area contributed by atoms with E-state index < -0.39 is 21.9 Å². The van der Waals surface area contributed by atoms with Gasteiger partial charge in [-0.15, -0.1) is 11.3 Å². The third-order valence-corrected chi connectivity index (χ3v) is 4.50. The Labute approximate surface area is 108 Å². The topological polar surface area (TPSA) is 118 Å². The van der Waals surface area contributed by atoms with Crippen molar-refractivity contribution in [1.82, 2.24) is 4.90 Å². The molecule has 0 spiro atoms. The van der Waals surface area contributed by atoms with Crippen LogP contribution in [0, 0.1) is 0 Å². The Bertz CT molecular complexity index is 563. The third-order valence-electron chi connectivity index (χ3n) is 2.11. The van der Waals surface area contributed by atoms with E-state index in [-0.39, 0.29) is 22.7 Å². The van der Waals surface area contributed by atoms with Crippen molar-refractivity contribution in [2.24, 2.45) is 5.14 Å². The molecule has 1 aromatic heterocycles. The molecule has 3 N–H and O–H groups in total. The molecule has 0 radical (unpaired) electrons. The van der Waals surface area contributed by atoms with Gasteiger partial charge in [0.25, 0.3) is 5.91 Å². The summed E-state index contributed by atoms with van der Waals surface area (Å²) in [4.78, 5) is 23.4. The summed E-state index contributed by atoms with van der Waals surface area (Å²) < 4.78 is 22.0. The van der Waals surface area contributed by atoms with Crippen molar-refractivity contribution >= 4 is 33.2 Å². The molecule has 0 fully saturated rings. The molecule has 0 bridgehead atoms. The molecule has 1 heterocycles. The standard InChI is InChI=1S/C9H12N2O5S2/c1-11(3-2-7(12)13)9(14)6-4-8(17-5-6)18(10,15)16/h4-5H,2-3H2,1H3,(H,12,13)(H2,10,15,16). The number of hydrogen-bond acceptors (Lipinski definition) is 5. The maximum absolute atomic E-state index is 11.8. The van der Waals surface area contributed by atoms with Crippen molar-refractivity contribution in [3.63, 3.8) is 0 Å². The molecule has 1 aromatic rings. The quantitative estimate of drug-likeness (QED) is 0.788. The third kappa shape index (κ3) is 3.79. The van der Waals surface area contributed by atoms with Gasteiger partial charge in [-0.2, -0.15) is 0 Å². The Morgan fingerprint density at radius 2 is 2.11 bits per heavy atom. The highest BCUT2D eigenvalue weighted by Gasteiger charge is 2.18. The number of carbonyl (C=O) groups is 2. The number of nitrogens with two attached hydrogens (primary N) is 1. The van der Waals surface area contributed by atoms with Crippen LogP contribution in [0.5, 0.6) is 0 Å². The number of sulfonamides is 1. The molecule has 0 unspecified atom stereocenters. The second-order valence-electron chi connectivity index (χ2n) is 3.57. The first-order valence-electron chi connectivity index (χ1n) is 4.80. The molecule has 0 aromatic carbocycles. The maximum Gasteiger partial charge on any atom is 0.305 e. The Balaban J connectivity index is 2.79. The van der Waals surface area contributed by atoms with E-state index in [9.17, 15) is 18.0 Å². The Morgan fingerprint density at radius 3 is 2.56 bits per heavy atom. The summed E-state index contributed by atoms with van der Waals surface area (Å²) in [5.41, 5.74) is 0.178. The smallest absolute Gasteiger partial charge is 0.305 e. The van der Waals surface area contributed by atoms with Gasteiger partial charge in [0.1, 0.15) is 4.21 Å². The fourth-order valence-electron chi connectivity index (χ4n) is 1.16.